The predicted molar refractivity (Wildman–Crippen MR) is 111 cm³/mol. The number of rotatable bonds is 3. The number of hydrogen-bond acceptors (Lipinski definition) is 5. The van der Waals surface area contributed by atoms with E-state index in [2.05, 4.69) is 5.32 Å². The van der Waals surface area contributed by atoms with Crippen LogP contribution in [0.3, 0.4) is 0 Å². The van der Waals surface area contributed by atoms with Crippen LogP contribution in [0.1, 0.15) is 51.5 Å². The highest BCUT2D eigenvalue weighted by molar-refractivity contribution is 6.01. The van der Waals surface area contributed by atoms with Crippen molar-refractivity contribution in [3.63, 3.8) is 0 Å². The molecule has 7 nitrogen and oxygen atoms in total. The van der Waals surface area contributed by atoms with Crippen molar-refractivity contribution in [1.29, 1.82) is 0 Å². The third-order valence-electron chi connectivity index (χ3n) is 5.61. The number of carbonyl (C=O) groups excluding carboxylic acids is 3. The normalized spacial score (nSPS) is 23.9. The van der Waals surface area contributed by atoms with Gasteiger partial charge in [-0.15, -0.1) is 0 Å². The van der Waals surface area contributed by atoms with Gasteiger partial charge in [0, 0.05) is 25.7 Å². The summed E-state index contributed by atoms with van der Waals surface area (Å²) in [4.78, 5) is 38.5. The minimum Gasteiger partial charge on any atom is -0.444 e. The Morgan fingerprint density at radius 2 is 1.97 bits per heavy atom. The van der Waals surface area contributed by atoms with Crippen molar-refractivity contribution in [1.82, 2.24) is 10.2 Å². The molecule has 0 radical (unpaired) electrons. The number of imide groups is 1. The standard InChI is InChI=1S/C22H29F2N3O4/c1-21(2,3)31-20(30)27-11-10-16(22(23,24)13-27)14-6-5-7-15(12-14)26(4)17-8-9-18(28)25-19(17)29/h5-7,12,16-17H,8-11,13H2,1-4H3,(H,25,28,29)/t16-,17-/m1/s1. The molecule has 0 saturated carbocycles. The lowest BCUT2D eigenvalue weighted by Gasteiger charge is -2.39. The Bertz CT molecular complexity index is 869. The summed E-state index contributed by atoms with van der Waals surface area (Å²) in [6.07, 6.45) is -0.0353. The Kier molecular flexibility index (Phi) is 6.25. The Hall–Kier alpha value is -2.71. The predicted octanol–water partition coefficient (Wildman–Crippen LogP) is 3.29. The Balaban J connectivity index is 1.74. The minimum absolute atomic E-state index is 0.0951. The summed E-state index contributed by atoms with van der Waals surface area (Å²) >= 11 is 0. The van der Waals surface area contributed by atoms with E-state index < -0.39 is 36.1 Å². The van der Waals surface area contributed by atoms with Crippen LogP contribution in [0.5, 0.6) is 0 Å². The third kappa shape index (κ3) is 5.32. The fourth-order valence-corrected chi connectivity index (χ4v) is 4.03. The summed E-state index contributed by atoms with van der Waals surface area (Å²) in [5, 5.41) is 2.31. The summed E-state index contributed by atoms with van der Waals surface area (Å²) in [5.74, 6) is -4.87. The number of hydrogen-bond donors (Lipinski definition) is 1. The second-order valence-corrected chi connectivity index (χ2v) is 9.18. The fourth-order valence-electron chi connectivity index (χ4n) is 4.03. The topological polar surface area (TPSA) is 79.0 Å². The molecule has 170 valence electrons. The number of piperidine rings is 2. The Labute approximate surface area is 180 Å². The first-order valence-electron chi connectivity index (χ1n) is 10.4. The summed E-state index contributed by atoms with van der Waals surface area (Å²) in [5.41, 5.74) is 0.320. The molecule has 2 aliphatic heterocycles. The molecule has 31 heavy (non-hydrogen) atoms. The number of anilines is 1. The number of likely N-dealkylation sites (N-methyl/N-ethyl adjacent to an activating group) is 1. The van der Waals surface area contributed by atoms with Gasteiger partial charge in [0.05, 0.1) is 12.5 Å². The van der Waals surface area contributed by atoms with Gasteiger partial charge < -0.3 is 14.5 Å². The lowest BCUT2D eigenvalue weighted by atomic mass is 9.86. The van der Waals surface area contributed by atoms with E-state index in [0.717, 1.165) is 4.90 Å². The first-order chi connectivity index (χ1) is 14.4. The van der Waals surface area contributed by atoms with E-state index in [-0.39, 0.29) is 31.2 Å². The second-order valence-electron chi connectivity index (χ2n) is 9.18. The van der Waals surface area contributed by atoms with Crippen LogP contribution < -0.4 is 10.2 Å². The van der Waals surface area contributed by atoms with E-state index in [1.54, 1.807) is 57.0 Å². The summed E-state index contributed by atoms with van der Waals surface area (Å²) < 4.78 is 35.3. The maximum atomic E-state index is 15.0. The molecule has 2 heterocycles. The quantitative estimate of drug-likeness (QED) is 0.735. The summed E-state index contributed by atoms with van der Waals surface area (Å²) in [7, 11) is 1.71. The van der Waals surface area contributed by atoms with E-state index in [1.165, 1.54) is 0 Å². The van der Waals surface area contributed by atoms with Gasteiger partial charge in [-0.1, -0.05) is 12.1 Å². The van der Waals surface area contributed by atoms with E-state index in [9.17, 15) is 14.4 Å². The number of likely N-dealkylation sites (tertiary alicyclic amines) is 1. The molecule has 2 saturated heterocycles. The average molecular weight is 437 g/mol. The molecular formula is C22H29F2N3O4. The molecule has 0 bridgehead atoms. The van der Waals surface area contributed by atoms with Gasteiger partial charge in [0.15, 0.2) is 0 Å². The van der Waals surface area contributed by atoms with Gasteiger partial charge in [-0.3, -0.25) is 14.9 Å². The van der Waals surface area contributed by atoms with Crippen LogP contribution in [0.2, 0.25) is 0 Å². The first kappa shape index (κ1) is 23.0. The highest BCUT2D eigenvalue weighted by Gasteiger charge is 2.47. The minimum atomic E-state index is -3.12. The molecule has 9 heteroatoms. The highest BCUT2D eigenvalue weighted by atomic mass is 19.3. The zero-order valence-electron chi connectivity index (χ0n) is 18.3. The van der Waals surface area contributed by atoms with Crippen LogP contribution in [0.4, 0.5) is 19.3 Å². The average Bonchev–Trinajstić information content (AvgIpc) is 2.65. The van der Waals surface area contributed by atoms with Crippen LogP contribution in [0, 0.1) is 0 Å². The zero-order valence-corrected chi connectivity index (χ0v) is 18.3. The number of alkyl halides is 2. The van der Waals surface area contributed by atoms with Crippen molar-refractivity contribution in [2.24, 2.45) is 0 Å². The molecule has 0 aromatic heterocycles. The molecule has 0 aliphatic carbocycles. The molecule has 0 unspecified atom stereocenters. The fraction of sp³-hybridized carbons (Fsp3) is 0.591. The van der Waals surface area contributed by atoms with Crippen molar-refractivity contribution < 1.29 is 27.9 Å². The highest BCUT2D eigenvalue weighted by Crippen LogP contribution is 2.41. The summed E-state index contributed by atoms with van der Waals surface area (Å²) in [6, 6.07) is 6.20. The lowest BCUT2D eigenvalue weighted by Crippen LogP contribution is -2.51. The monoisotopic (exact) mass is 437 g/mol. The number of nitrogens with one attached hydrogen (secondary N) is 1. The van der Waals surface area contributed by atoms with Gasteiger partial charge in [-0.2, -0.15) is 0 Å². The van der Waals surface area contributed by atoms with Crippen molar-refractivity contribution in [3.8, 4) is 0 Å². The molecule has 2 atom stereocenters. The van der Waals surface area contributed by atoms with Crippen LogP contribution in [0.15, 0.2) is 24.3 Å². The Morgan fingerprint density at radius 3 is 2.58 bits per heavy atom. The number of nitrogens with zero attached hydrogens (tertiary/aromatic N) is 2. The molecular weight excluding hydrogens is 408 g/mol. The van der Waals surface area contributed by atoms with E-state index in [0.29, 0.717) is 17.7 Å². The van der Waals surface area contributed by atoms with Crippen molar-refractivity contribution in [2.75, 3.05) is 25.0 Å². The largest absolute Gasteiger partial charge is 0.444 e. The molecule has 1 aromatic rings. The molecule has 0 spiro atoms. The van der Waals surface area contributed by atoms with E-state index >= 15 is 8.78 Å². The molecule has 2 fully saturated rings. The molecule has 3 rings (SSSR count). The van der Waals surface area contributed by atoms with E-state index in [1.807, 2.05) is 0 Å². The smallest absolute Gasteiger partial charge is 0.410 e. The van der Waals surface area contributed by atoms with Crippen molar-refractivity contribution in [3.05, 3.63) is 29.8 Å². The maximum Gasteiger partial charge on any atom is 0.410 e. The number of halogens is 2. The number of ether oxygens (including phenoxy) is 1. The summed E-state index contributed by atoms with van der Waals surface area (Å²) in [6.45, 7) is 4.54. The van der Waals surface area contributed by atoms with Gasteiger partial charge in [-0.05, 0) is 51.3 Å². The van der Waals surface area contributed by atoms with Gasteiger partial charge in [0.2, 0.25) is 11.8 Å². The van der Waals surface area contributed by atoms with Crippen LogP contribution >= 0.6 is 0 Å². The van der Waals surface area contributed by atoms with Gasteiger partial charge >= 0.3 is 6.09 Å². The third-order valence-corrected chi connectivity index (χ3v) is 5.61. The molecule has 1 aromatic carbocycles. The van der Waals surface area contributed by atoms with Crippen LogP contribution in [-0.4, -0.2) is 60.5 Å². The van der Waals surface area contributed by atoms with Gasteiger partial charge in [-0.25, -0.2) is 13.6 Å². The molecule has 2 aliphatic rings. The second kappa shape index (κ2) is 8.43. The van der Waals surface area contributed by atoms with E-state index in [4.69, 9.17) is 4.74 Å². The van der Waals surface area contributed by atoms with Gasteiger partial charge in [0.25, 0.3) is 5.92 Å². The Morgan fingerprint density at radius 1 is 1.26 bits per heavy atom. The van der Waals surface area contributed by atoms with Crippen molar-refractivity contribution in [2.45, 2.75) is 63.5 Å². The van der Waals surface area contributed by atoms with Crippen LogP contribution in [0.25, 0.3) is 0 Å². The number of amides is 3. The SMILES string of the molecule is CN(c1cccc([C@H]2CCN(C(=O)OC(C)(C)C)CC2(F)F)c1)[C@@H]1CCC(=O)NC1=O. The number of carbonyl (C=O) groups is 3. The van der Waals surface area contributed by atoms with Crippen molar-refractivity contribution >= 4 is 23.6 Å². The zero-order chi connectivity index (χ0) is 23.0. The molecule has 3 amide bonds. The lowest BCUT2D eigenvalue weighted by molar-refractivity contribution is -0.134. The van der Waals surface area contributed by atoms with Crippen LogP contribution in [-0.2, 0) is 14.3 Å². The maximum absolute atomic E-state index is 15.0. The number of benzene rings is 1. The van der Waals surface area contributed by atoms with Gasteiger partial charge in [0.1, 0.15) is 11.6 Å². The molecule has 1 N–H and O–H groups in total. The first-order valence-corrected chi connectivity index (χ1v) is 10.4.